The third kappa shape index (κ3) is 3.60. The number of fused-ring (bicyclic) bond motifs is 1. The van der Waals surface area contributed by atoms with E-state index in [9.17, 15) is 0 Å². The van der Waals surface area contributed by atoms with Crippen LogP contribution in [-0.2, 0) is 4.74 Å². The first-order valence-electron chi connectivity index (χ1n) is 7.11. The van der Waals surface area contributed by atoms with E-state index in [0.29, 0.717) is 6.10 Å². The van der Waals surface area contributed by atoms with Gasteiger partial charge in [0, 0.05) is 40.0 Å². The van der Waals surface area contributed by atoms with Crippen molar-refractivity contribution in [3.8, 4) is 0 Å². The zero-order chi connectivity index (χ0) is 14.1. The number of aryl methyl sites for hydroxylation is 1. The average Bonchev–Trinajstić information content (AvgIpc) is 2.86. The molecule has 1 unspecified atom stereocenters. The predicted octanol–water partition coefficient (Wildman–Crippen LogP) is 4.18. The number of pyridine rings is 1. The normalized spacial score (nSPS) is 18.0. The molecule has 1 aliphatic heterocycles. The topological polar surface area (TPSA) is 25.4 Å². The van der Waals surface area contributed by atoms with Crippen LogP contribution in [0.3, 0.4) is 0 Å². The van der Waals surface area contributed by atoms with Crippen LogP contribution in [0.1, 0.15) is 19.0 Å². The molecular formula is C16H20ClIN2O. The molecule has 1 saturated heterocycles. The number of rotatable bonds is 3. The second-order valence-electron chi connectivity index (χ2n) is 5.26. The first kappa shape index (κ1) is 16.8. The molecule has 3 nitrogen and oxygen atoms in total. The summed E-state index contributed by atoms with van der Waals surface area (Å²) in [5, 5.41) is 1.24. The van der Waals surface area contributed by atoms with E-state index in [4.69, 9.17) is 4.74 Å². The summed E-state index contributed by atoms with van der Waals surface area (Å²) in [5.41, 5.74) is 3.47. The molecule has 0 aliphatic carbocycles. The molecule has 0 spiro atoms. The number of anilines is 1. The van der Waals surface area contributed by atoms with Gasteiger partial charge >= 0.3 is 0 Å². The zero-order valence-electron chi connectivity index (χ0n) is 12.3. The lowest BCUT2D eigenvalue weighted by molar-refractivity contribution is 0.0788. The maximum atomic E-state index is 5.76. The lowest BCUT2D eigenvalue weighted by Gasteiger charge is -2.21. The lowest BCUT2D eigenvalue weighted by Crippen LogP contribution is -2.23. The molecule has 1 aliphatic rings. The fraction of sp³-hybridized carbons (Fsp3) is 0.438. The minimum atomic E-state index is 0. The van der Waals surface area contributed by atoms with Crippen LogP contribution < -0.4 is 4.90 Å². The highest BCUT2D eigenvalue weighted by atomic mass is 127. The van der Waals surface area contributed by atoms with Gasteiger partial charge in [-0.25, -0.2) is 0 Å². The Morgan fingerprint density at radius 2 is 2.19 bits per heavy atom. The van der Waals surface area contributed by atoms with Crippen molar-refractivity contribution in [2.75, 3.05) is 24.6 Å². The number of nitrogens with zero attached hydrogens (tertiary/aromatic N) is 2. The Morgan fingerprint density at radius 1 is 1.38 bits per heavy atom. The Labute approximate surface area is 145 Å². The molecule has 0 saturated carbocycles. The fourth-order valence-corrected chi connectivity index (χ4v) is 3.37. The van der Waals surface area contributed by atoms with Crippen LogP contribution in [0.5, 0.6) is 0 Å². The molecule has 2 heterocycles. The second kappa shape index (κ2) is 7.11. The number of hydrogen-bond donors (Lipinski definition) is 0. The molecule has 2 aromatic rings. The van der Waals surface area contributed by atoms with Gasteiger partial charge < -0.3 is 9.64 Å². The summed E-state index contributed by atoms with van der Waals surface area (Å²) < 4.78 is 6.99. The molecule has 114 valence electrons. The van der Waals surface area contributed by atoms with Crippen LogP contribution in [0, 0.1) is 10.5 Å². The summed E-state index contributed by atoms with van der Waals surface area (Å²) in [6, 6.07) is 8.69. The van der Waals surface area contributed by atoms with Crippen LogP contribution in [0.25, 0.3) is 10.9 Å². The fourth-order valence-electron chi connectivity index (χ4n) is 2.89. The van der Waals surface area contributed by atoms with E-state index in [-0.39, 0.29) is 12.4 Å². The summed E-state index contributed by atoms with van der Waals surface area (Å²) in [6.45, 7) is 6.98. The zero-order valence-corrected chi connectivity index (χ0v) is 15.3. The SMILES string of the molecule is CCOC1CCN(c2cc(C)nc3cc(I)ccc23)C1.Cl. The van der Waals surface area contributed by atoms with E-state index in [1.807, 2.05) is 0 Å². The van der Waals surface area contributed by atoms with E-state index in [2.05, 4.69) is 70.6 Å². The van der Waals surface area contributed by atoms with Crippen molar-refractivity contribution >= 4 is 51.6 Å². The maximum absolute atomic E-state index is 5.76. The predicted molar refractivity (Wildman–Crippen MR) is 98.7 cm³/mol. The second-order valence-corrected chi connectivity index (χ2v) is 6.50. The van der Waals surface area contributed by atoms with Crippen molar-refractivity contribution in [2.45, 2.75) is 26.4 Å². The van der Waals surface area contributed by atoms with Gasteiger partial charge in [-0.05, 0) is 67.1 Å². The van der Waals surface area contributed by atoms with Gasteiger partial charge in [-0.1, -0.05) is 0 Å². The standard InChI is InChI=1S/C16H19IN2O.ClH/c1-3-20-13-6-7-19(10-13)16-8-11(2)18-15-9-12(17)4-5-14(15)16;/h4-5,8-9,13H,3,6-7,10H2,1-2H3;1H. The van der Waals surface area contributed by atoms with E-state index < -0.39 is 0 Å². The minimum Gasteiger partial charge on any atom is -0.377 e. The van der Waals surface area contributed by atoms with Crippen LogP contribution in [-0.4, -0.2) is 30.8 Å². The molecule has 1 fully saturated rings. The maximum Gasteiger partial charge on any atom is 0.0766 e. The van der Waals surface area contributed by atoms with Crippen molar-refractivity contribution < 1.29 is 4.74 Å². The van der Waals surface area contributed by atoms with Crippen molar-refractivity contribution in [1.82, 2.24) is 4.98 Å². The van der Waals surface area contributed by atoms with Gasteiger partial charge in [0.15, 0.2) is 0 Å². The highest BCUT2D eigenvalue weighted by molar-refractivity contribution is 14.1. The molecule has 0 N–H and O–H groups in total. The summed E-state index contributed by atoms with van der Waals surface area (Å²) in [5.74, 6) is 0. The molecule has 1 atom stereocenters. The summed E-state index contributed by atoms with van der Waals surface area (Å²) in [7, 11) is 0. The first-order chi connectivity index (χ1) is 9.67. The average molecular weight is 419 g/mol. The first-order valence-corrected chi connectivity index (χ1v) is 8.18. The number of hydrogen-bond acceptors (Lipinski definition) is 3. The Kier molecular flexibility index (Phi) is 5.68. The Morgan fingerprint density at radius 3 is 2.95 bits per heavy atom. The van der Waals surface area contributed by atoms with Crippen LogP contribution >= 0.6 is 35.0 Å². The minimum absolute atomic E-state index is 0. The summed E-state index contributed by atoms with van der Waals surface area (Å²) >= 11 is 2.34. The molecular weight excluding hydrogens is 399 g/mol. The van der Waals surface area contributed by atoms with Gasteiger partial charge in [-0.15, -0.1) is 12.4 Å². The van der Waals surface area contributed by atoms with Crippen LogP contribution in [0.4, 0.5) is 5.69 Å². The van der Waals surface area contributed by atoms with Gasteiger partial charge in [0.2, 0.25) is 0 Å². The Balaban J connectivity index is 0.00000161. The molecule has 0 radical (unpaired) electrons. The Hall–Kier alpha value is -0.590. The smallest absolute Gasteiger partial charge is 0.0766 e. The van der Waals surface area contributed by atoms with Crippen LogP contribution in [0.2, 0.25) is 0 Å². The monoisotopic (exact) mass is 418 g/mol. The molecule has 1 aromatic carbocycles. The largest absolute Gasteiger partial charge is 0.377 e. The highest BCUT2D eigenvalue weighted by Crippen LogP contribution is 2.30. The van der Waals surface area contributed by atoms with Crippen molar-refractivity contribution in [1.29, 1.82) is 0 Å². The molecule has 21 heavy (non-hydrogen) atoms. The number of aromatic nitrogens is 1. The third-order valence-corrected chi connectivity index (χ3v) is 4.44. The summed E-state index contributed by atoms with van der Waals surface area (Å²) in [4.78, 5) is 7.10. The van der Waals surface area contributed by atoms with Crippen molar-refractivity contribution in [3.05, 3.63) is 33.5 Å². The highest BCUT2D eigenvalue weighted by Gasteiger charge is 2.24. The van der Waals surface area contributed by atoms with Gasteiger partial charge in [-0.2, -0.15) is 0 Å². The number of halogens is 2. The third-order valence-electron chi connectivity index (χ3n) is 3.77. The molecule has 0 bridgehead atoms. The van der Waals surface area contributed by atoms with E-state index in [0.717, 1.165) is 37.3 Å². The van der Waals surface area contributed by atoms with E-state index in [1.54, 1.807) is 0 Å². The molecule has 5 heteroatoms. The number of ether oxygens (including phenoxy) is 1. The van der Waals surface area contributed by atoms with Crippen molar-refractivity contribution in [3.63, 3.8) is 0 Å². The Bertz CT molecular complexity index is 630. The van der Waals surface area contributed by atoms with Gasteiger partial charge in [-0.3, -0.25) is 4.98 Å². The molecule has 0 amide bonds. The molecule has 3 rings (SSSR count). The number of benzene rings is 1. The summed E-state index contributed by atoms with van der Waals surface area (Å²) in [6.07, 6.45) is 1.48. The van der Waals surface area contributed by atoms with Gasteiger partial charge in [0.05, 0.1) is 11.6 Å². The van der Waals surface area contributed by atoms with E-state index in [1.165, 1.54) is 14.6 Å². The molecule has 1 aromatic heterocycles. The quantitative estimate of drug-likeness (QED) is 0.699. The van der Waals surface area contributed by atoms with Crippen molar-refractivity contribution in [2.24, 2.45) is 0 Å². The van der Waals surface area contributed by atoms with Gasteiger partial charge in [0.1, 0.15) is 0 Å². The van der Waals surface area contributed by atoms with E-state index >= 15 is 0 Å². The van der Waals surface area contributed by atoms with Gasteiger partial charge in [0.25, 0.3) is 0 Å². The lowest BCUT2D eigenvalue weighted by atomic mass is 10.1. The van der Waals surface area contributed by atoms with Crippen LogP contribution in [0.15, 0.2) is 24.3 Å².